The maximum Gasteiger partial charge on any atom is 0.513 e. The zero-order valence-corrected chi connectivity index (χ0v) is 22.8. The van der Waals surface area contributed by atoms with Gasteiger partial charge in [0.05, 0.1) is 13.2 Å². The van der Waals surface area contributed by atoms with Crippen LogP contribution in [-0.2, 0) is 35.0 Å². The molecule has 0 aliphatic heterocycles. The van der Waals surface area contributed by atoms with Gasteiger partial charge in [0, 0.05) is 6.42 Å². The van der Waals surface area contributed by atoms with E-state index >= 15 is 0 Å². The Morgan fingerprint density at radius 1 is 0.816 bits per heavy atom. The molecule has 1 aromatic carbocycles. The Morgan fingerprint density at radius 2 is 1.39 bits per heavy atom. The zero-order chi connectivity index (χ0) is 28.3. The van der Waals surface area contributed by atoms with Gasteiger partial charge in [-0.2, -0.15) is 0 Å². The maximum absolute atomic E-state index is 12.4. The summed E-state index contributed by atoms with van der Waals surface area (Å²) < 4.78 is 30.8. The van der Waals surface area contributed by atoms with E-state index in [1.807, 2.05) is 20.8 Å². The van der Waals surface area contributed by atoms with E-state index in [0.29, 0.717) is 24.8 Å². The van der Waals surface area contributed by atoms with Gasteiger partial charge in [0.2, 0.25) is 0 Å². The first kappa shape index (κ1) is 32.7. The number of hydrogen-bond donors (Lipinski definition) is 1. The molecular formula is C27H41NO10. The predicted molar refractivity (Wildman–Crippen MR) is 138 cm³/mol. The SMILES string of the molecule is CCCCOC(=O)Oc1ccc(C[C@H](N)C(=O)OC[C@H](C)OC(=O)CCCC)cc1OC(=O)OCCCC. The molecule has 1 aromatic rings. The van der Waals surface area contributed by atoms with E-state index in [1.54, 1.807) is 13.0 Å². The second kappa shape index (κ2) is 18.8. The number of benzene rings is 1. The van der Waals surface area contributed by atoms with Gasteiger partial charge in [-0.15, -0.1) is 0 Å². The van der Waals surface area contributed by atoms with Gasteiger partial charge in [-0.3, -0.25) is 9.59 Å². The molecule has 0 saturated carbocycles. The molecule has 38 heavy (non-hydrogen) atoms. The lowest BCUT2D eigenvalue weighted by molar-refractivity contribution is -0.158. The summed E-state index contributed by atoms with van der Waals surface area (Å²) in [5.74, 6) is -1.19. The Labute approximate surface area is 224 Å². The molecule has 0 saturated heterocycles. The molecule has 214 valence electrons. The van der Waals surface area contributed by atoms with Gasteiger partial charge in [0.1, 0.15) is 18.8 Å². The molecule has 0 radical (unpaired) electrons. The van der Waals surface area contributed by atoms with Crippen LogP contribution in [0.2, 0.25) is 0 Å². The Morgan fingerprint density at radius 3 is 1.97 bits per heavy atom. The highest BCUT2D eigenvalue weighted by Gasteiger charge is 2.21. The van der Waals surface area contributed by atoms with E-state index in [2.05, 4.69) is 0 Å². The third kappa shape index (κ3) is 13.8. The van der Waals surface area contributed by atoms with E-state index in [0.717, 1.165) is 25.7 Å². The van der Waals surface area contributed by atoms with Crippen LogP contribution in [0, 0.1) is 0 Å². The molecule has 0 bridgehead atoms. The number of unbranched alkanes of at least 4 members (excludes halogenated alkanes) is 3. The summed E-state index contributed by atoms with van der Waals surface area (Å²) in [6, 6.07) is 3.34. The minimum Gasteiger partial charge on any atom is -0.461 e. The first-order valence-corrected chi connectivity index (χ1v) is 13.1. The summed E-state index contributed by atoms with van der Waals surface area (Å²) >= 11 is 0. The fourth-order valence-electron chi connectivity index (χ4n) is 2.96. The predicted octanol–water partition coefficient (Wildman–Crippen LogP) is 4.85. The number of rotatable bonds is 17. The summed E-state index contributed by atoms with van der Waals surface area (Å²) in [6.45, 7) is 7.73. The molecule has 2 N–H and O–H groups in total. The highest BCUT2D eigenvalue weighted by Crippen LogP contribution is 2.30. The summed E-state index contributed by atoms with van der Waals surface area (Å²) in [4.78, 5) is 48.2. The molecule has 0 aliphatic rings. The number of esters is 2. The molecule has 0 fully saturated rings. The van der Waals surface area contributed by atoms with Crippen molar-refractivity contribution in [3.8, 4) is 11.5 Å². The Hall–Kier alpha value is -3.34. The molecule has 11 nitrogen and oxygen atoms in total. The lowest BCUT2D eigenvalue weighted by Crippen LogP contribution is -2.36. The van der Waals surface area contributed by atoms with E-state index in [-0.39, 0.29) is 43.7 Å². The van der Waals surface area contributed by atoms with Crippen molar-refractivity contribution in [2.75, 3.05) is 19.8 Å². The van der Waals surface area contributed by atoms with Gasteiger partial charge >= 0.3 is 24.2 Å². The number of carbonyl (C=O) groups excluding carboxylic acids is 4. The van der Waals surface area contributed by atoms with Crippen molar-refractivity contribution >= 4 is 24.2 Å². The minimum atomic E-state index is -1.05. The number of carbonyl (C=O) groups is 4. The summed E-state index contributed by atoms with van der Waals surface area (Å²) in [5.41, 5.74) is 6.51. The van der Waals surface area contributed by atoms with Crippen LogP contribution < -0.4 is 15.2 Å². The Balaban J connectivity index is 2.80. The van der Waals surface area contributed by atoms with Crippen LogP contribution in [0.15, 0.2) is 18.2 Å². The minimum absolute atomic E-state index is 0.0337. The van der Waals surface area contributed by atoms with Gasteiger partial charge in [-0.1, -0.05) is 46.1 Å². The van der Waals surface area contributed by atoms with Crippen LogP contribution in [0.4, 0.5) is 9.59 Å². The van der Waals surface area contributed by atoms with E-state index < -0.39 is 30.4 Å². The lowest BCUT2D eigenvalue weighted by atomic mass is 10.1. The quantitative estimate of drug-likeness (QED) is 0.125. The van der Waals surface area contributed by atoms with Crippen LogP contribution in [0.5, 0.6) is 11.5 Å². The second-order valence-electron chi connectivity index (χ2n) is 8.73. The molecular weight excluding hydrogens is 498 g/mol. The molecule has 0 aromatic heterocycles. The first-order valence-electron chi connectivity index (χ1n) is 13.1. The van der Waals surface area contributed by atoms with Crippen LogP contribution in [-0.4, -0.2) is 56.2 Å². The Kier molecular flexibility index (Phi) is 16.2. The van der Waals surface area contributed by atoms with E-state index in [1.165, 1.54) is 12.1 Å². The topological polar surface area (TPSA) is 150 Å². The normalized spacial score (nSPS) is 12.1. The third-order valence-electron chi connectivity index (χ3n) is 5.12. The fraction of sp³-hybridized carbons (Fsp3) is 0.630. The Bertz CT molecular complexity index is 889. The molecule has 0 unspecified atom stereocenters. The van der Waals surface area contributed by atoms with Crippen molar-refractivity contribution in [3.05, 3.63) is 23.8 Å². The van der Waals surface area contributed by atoms with Crippen LogP contribution >= 0.6 is 0 Å². The van der Waals surface area contributed by atoms with Gasteiger partial charge in [-0.25, -0.2) is 9.59 Å². The molecule has 0 heterocycles. The van der Waals surface area contributed by atoms with Crippen molar-refractivity contribution in [1.82, 2.24) is 0 Å². The maximum atomic E-state index is 12.4. The molecule has 0 aliphatic carbocycles. The highest BCUT2D eigenvalue weighted by molar-refractivity contribution is 5.76. The third-order valence-corrected chi connectivity index (χ3v) is 5.12. The van der Waals surface area contributed by atoms with Crippen LogP contribution in [0.3, 0.4) is 0 Å². The van der Waals surface area contributed by atoms with Crippen molar-refractivity contribution in [3.63, 3.8) is 0 Å². The van der Waals surface area contributed by atoms with Crippen molar-refractivity contribution in [1.29, 1.82) is 0 Å². The smallest absolute Gasteiger partial charge is 0.461 e. The summed E-state index contributed by atoms with van der Waals surface area (Å²) in [7, 11) is 0. The van der Waals surface area contributed by atoms with E-state index in [9.17, 15) is 19.2 Å². The van der Waals surface area contributed by atoms with Crippen molar-refractivity contribution < 1.29 is 47.6 Å². The second-order valence-corrected chi connectivity index (χ2v) is 8.73. The zero-order valence-electron chi connectivity index (χ0n) is 22.8. The summed E-state index contributed by atoms with van der Waals surface area (Å²) in [5, 5.41) is 0. The number of hydrogen-bond acceptors (Lipinski definition) is 11. The van der Waals surface area contributed by atoms with Crippen molar-refractivity contribution in [2.45, 2.75) is 91.2 Å². The summed E-state index contributed by atoms with van der Waals surface area (Å²) in [6.07, 6.45) is 2.42. The average Bonchev–Trinajstić information content (AvgIpc) is 2.87. The standard InChI is InChI=1S/C27H41NO10/c1-5-8-11-24(29)36-19(4)18-35-25(30)21(28)16-20-12-13-22(37-26(31)33-14-9-6-2)23(17-20)38-27(32)34-15-10-7-3/h12-13,17,19,21H,5-11,14-16,18,28H2,1-4H3/t19-,21-/m0/s1. The molecule has 0 amide bonds. The monoisotopic (exact) mass is 539 g/mol. The molecule has 0 spiro atoms. The van der Waals surface area contributed by atoms with Crippen LogP contribution in [0.25, 0.3) is 0 Å². The van der Waals surface area contributed by atoms with Crippen LogP contribution in [0.1, 0.15) is 78.2 Å². The van der Waals surface area contributed by atoms with Gasteiger partial charge in [0.15, 0.2) is 11.5 Å². The van der Waals surface area contributed by atoms with Crippen molar-refractivity contribution in [2.24, 2.45) is 5.73 Å². The lowest BCUT2D eigenvalue weighted by Gasteiger charge is -2.17. The fourth-order valence-corrected chi connectivity index (χ4v) is 2.96. The number of nitrogens with two attached hydrogens (primary N) is 1. The van der Waals surface area contributed by atoms with Gasteiger partial charge < -0.3 is 34.2 Å². The van der Waals surface area contributed by atoms with Gasteiger partial charge in [0.25, 0.3) is 0 Å². The van der Waals surface area contributed by atoms with Gasteiger partial charge in [-0.05, 0) is 50.3 Å². The molecule has 1 rings (SSSR count). The highest BCUT2D eigenvalue weighted by atomic mass is 16.7. The average molecular weight is 540 g/mol. The largest absolute Gasteiger partial charge is 0.513 e. The molecule has 2 atom stereocenters. The van der Waals surface area contributed by atoms with E-state index in [4.69, 9.17) is 34.2 Å². The number of ether oxygens (including phenoxy) is 6. The molecule has 11 heteroatoms. The first-order chi connectivity index (χ1) is 18.2.